The number of para-hydroxylation sites is 1. The number of imide groups is 1. The second kappa shape index (κ2) is 8.91. The largest absolute Gasteiger partial charge is 0.497 e. The first-order valence-electron chi connectivity index (χ1n) is 11.6. The number of fused-ring (bicyclic) bond motifs is 1. The van der Waals surface area contributed by atoms with Gasteiger partial charge >= 0.3 is 0 Å². The second-order valence-electron chi connectivity index (χ2n) is 8.76. The van der Waals surface area contributed by atoms with Crippen LogP contribution in [0.4, 0.5) is 5.69 Å². The summed E-state index contributed by atoms with van der Waals surface area (Å²) in [5.41, 5.74) is 3.24. The molecule has 3 aromatic carbocycles. The molecule has 35 heavy (non-hydrogen) atoms. The van der Waals surface area contributed by atoms with E-state index >= 15 is 0 Å². The van der Waals surface area contributed by atoms with Gasteiger partial charge < -0.3 is 14.4 Å². The van der Waals surface area contributed by atoms with E-state index in [1.807, 2.05) is 42.2 Å². The van der Waals surface area contributed by atoms with Crippen molar-refractivity contribution in [1.82, 2.24) is 4.90 Å². The van der Waals surface area contributed by atoms with Crippen LogP contribution in [0.3, 0.4) is 0 Å². The van der Waals surface area contributed by atoms with E-state index in [4.69, 9.17) is 9.47 Å². The zero-order valence-corrected chi connectivity index (χ0v) is 19.9. The van der Waals surface area contributed by atoms with Gasteiger partial charge in [0.15, 0.2) is 0 Å². The number of ether oxygens (including phenoxy) is 2. The highest BCUT2D eigenvalue weighted by atomic mass is 16.5. The minimum atomic E-state index is -0.413. The minimum absolute atomic E-state index is 0.155. The molecule has 7 heteroatoms. The SMILES string of the molecule is COc1ccc([C@@H]2CCCN2C(=O)c2ccc3c(c2)C(=O)N(c2ccccc2C)C3=O)c(OC)c1. The van der Waals surface area contributed by atoms with Gasteiger partial charge in [0, 0.05) is 23.7 Å². The van der Waals surface area contributed by atoms with Crippen molar-refractivity contribution in [2.24, 2.45) is 0 Å². The first kappa shape index (κ1) is 22.7. The zero-order valence-electron chi connectivity index (χ0n) is 19.9. The fourth-order valence-corrected chi connectivity index (χ4v) is 5.00. The molecule has 3 aromatic rings. The van der Waals surface area contributed by atoms with Gasteiger partial charge in [-0.2, -0.15) is 0 Å². The number of carbonyl (C=O) groups is 3. The third kappa shape index (κ3) is 3.73. The number of hydrogen-bond donors (Lipinski definition) is 0. The monoisotopic (exact) mass is 470 g/mol. The molecule has 0 radical (unpaired) electrons. The summed E-state index contributed by atoms with van der Waals surface area (Å²) in [6.45, 7) is 2.45. The first-order valence-corrected chi connectivity index (χ1v) is 11.6. The van der Waals surface area contributed by atoms with E-state index in [9.17, 15) is 14.4 Å². The molecular weight excluding hydrogens is 444 g/mol. The summed E-state index contributed by atoms with van der Waals surface area (Å²) in [4.78, 5) is 42.9. The number of benzene rings is 3. The Balaban J connectivity index is 1.46. The maximum absolute atomic E-state index is 13.6. The topological polar surface area (TPSA) is 76.2 Å². The molecule has 178 valence electrons. The fraction of sp³-hybridized carbons (Fsp3) is 0.250. The van der Waals surface area contributed by atoms with Crippen LogP contribution in [-0.4, -0.2) is 43.4 Å². The summed E-state index contributed by atoms with van der Waals surface area (Å²) in [5, 5.41) is 0. The molecule has 0 aromatic heterocycles. The molecule has 2 aliphatic rings. The van der Waals surface area contributed by atoms with Gasteiger partial charge in [0.2, 0.25) is 0 Å². The number of likely N-dealkylation sites (tertiary alicyclic amines) is 1. The van der Waals surface area contributed by atoms with E-state index in [0.717, 1.165) is 24.0 Å². The Labute approximate surface area is 203 Å². The Hall–Kier alpha value is -4.13. The van der Waals surface area contributed by atoms with Gasteiger partial charge in [0.25, 0.3) is 17.7 Å². The number of aryl methyl sites for hydroxylation is 1. The zero-order chi connectivity index (χ0) is 24.7. The van der Waals surface area contributed by atoms with Crippen LogP contribution in [0, 0.1) is 6.92 Å². The Kier molecular flexibility index (Phi) is 5.76. The summed E-state index contributed by atoms with van der Waals surface area (Å²) >= 11 is 0. The second-order valence-corrected chi connectivity index (χ2v) is 8.76. The molecule has 1 atom stereocenters. The number of hydrogen-bond acceptors (Lipinski definition) is 5. The predicted octanol–water partition coefficient (Wildman–Crippen LogP) is 4.79. The first-order chi connectivity index (χ1) is 16.9. The van der Waals surface area contributed by atoms with E-state index in [1.165, 1.54) is 4.90 Å². The summed E-state index contributed by atoms with van der Waals surface area (Å²) < 4.78 is 10.9. The Morgan fingerprint density at radius 2 is 1.69 bits per heavy atom. The Bertz CT molecular complexity index is 1350. The molecule has 1 fully saturated rings. The van der Waals surface area contributed by atoms with E-state index in [-0.39, 0.29) is 23.4 Å². The van der Waals surface area contributed by atoms with Gasteiger partial charge in [-0.3, -0.25) is 14.4 Å². The van der Waals surface area contributed by atoms with Crippen molar-refractivity contribution in [3.63, 3.8) is 0 Å². The van der Waals surface area contributed by atoms with Crippen molar-refractivity contribution >= 4 is 23.4 Å². The van der Waals surface area contributed by atoms with Crippen molar-refractivity contribution < 1.29 is 23.9 Å². The molecule has 0 aliphatic carbocycles. The van der Waals surface area contributed by atoms with Gasteiger partial charge in [-0.1, -0.05) is 18.2 Å². The van der Waals surface area contributed by atoms with Crippen molar-refractivity contribution in [2.75, 3.05) is 25.7 Å². The average Bonchev–Trinajstić information content (AvgIpc) is 3.46. The summed E-state index contributed by atoms with van der Waals surface area (Å²) in [6, 6.07) is 17.5. The molecule has 0 unspecified atom stereocenters. The van der Waals surface area contributed by atoms with Crippen LogP contribution in [0.2, 0.25) is 0 Å². The van der Waals surface area contributed by atoms with E-state index in [1.54, 1.807) is 44.6 Å². The standard InChI is InChI=1S/C28H26N2O5/c1-17-7-4-5-8-23(17)30-27(32)20-12-10-18(15-22(20)28(30)33)26(31)29-14-6-9-24(29)21-13-11-19(34-2)16-25(21)35-3/h4-5,7-8,10-13,15-16,24H,6,9,14H2,1-3H3/t24-/m0/s1. The normalized spacial score (nSPS) is 17.1. The van der Waals surface area contributed by atoms with Crippen LogP contribution in [0.5, 0.6) is 11.5 Å². The van der Waals surface area contributed by atoms with Crippen LogP contribution in [0.1, 0.15) is 61.1 Å². The van der Waals surface area contributed by atoms with Crippen LogP contribution < -0.4 is 14.4 Å². The van der Waals surface area contributed by atoms with Crippen LogP contribution in [0.15, 0.2) is 60.7 Å². The predicted molar refractivity (Wildman–Crippen MR) is 131 cm³/mol. The molecule has 2 heterocycles. The van der Waals surface area contributed by atoms with E-state index in [0.29, 0.717) is 34.9 Å². The van der Waals surface area contributed by atoms with Crippen molar-refractivity contribution in [1.29, 1.82) is 0 Å². The maximum Gasteiger partial charge on any atom is 0.266 e. The summed E-state index contributed by atoms with van der Waals surface area (Å²) in [5.74, 6) is 0.381. The number of rotatable bonds is 5. The molecule has 7 nitrogen and oxygen atoms in total. The average molecular weight is 471 g/mol. The summed E-state index contributed by atoms with van der Waals surface area (Å²) in [6.07, 6.45) is 1.66. The lowest BCUT2D eigenvalue weighted by atomic mass is 10.0. The van der Waals surface area contributed by atoms with Gasteiger partial charge in [-0.15, -0.1) is 0 Å². The Morgan fingerprint density at radius 1 is 0.914 bits per heavy atom. The lowest BCUT2D eigenvalue weighted by Gasteiger charge is -2.27. The fourth-order valence-electron chi connectivity index (χ4n) is 5.00. The highest BCUT2D eigenvalue weighted by Gasteiger charge is 2.39. The molecule has 0 N–H and O–H groups in total. The molecule has 5 rings (SSSR count). The van der Waals surface area contributed by atoms with Crippen molar-refractivity contribution in [2.45, 2.75) is 25.8 Å². The molecule has 2 aliphatic heterocycles. The van der Waals surface area contributed by atoms with E-state index < -0.39 is 5.91 Å². The van der Waals surface area contributed by atoms with Crippen LogP contribution in [-0.2, 0) is 0 Å². The Morgan fingerprint density at radius 3 is 2.43 bits per heavy atom. The number of anilines is 1. The van der Waals surface area contributed by atoms with Gasteiger partial charge in [-0.25, -0.2) is 4.90 Å². The molecule has 0 saturated carbocycles. The molecule has 3 amide bonds. The lowest BCUT2D eigenvalue weighted by molar-refractivity contribution is 0.0733. The number of nitrogens with zero attached hydrogens (tertiary/aromatic N) is 2. The highest BCUT2D eigenvalue weighted by Crippen LogP contribution is 2.40. The van der Waals surface area contributed by atoms with Crippen LogP contribution in [0.25, 0.3) is 0 Å². The number of amides is 3. The van der Waals surface area contributed by atoms with E-state index in [2.05, 4.69) is 0 Å². The minimum Gasteiger partial charge on any atom is -0.497 e. The molecule has 1 saturated heterocycles. The van der Waals surface area contributed by atoms with Gasteiger partial charge in [0.05, 0.1) is 37.1 Å². The highest BCUT2D eigenvalue weighted by molar-refractivity contribution is 6.35. The van der Waals surface area contributed by atoms with Crippen molar-refractivity contribution in [3.05, 3.63) is 88.5 Å². The number of carbonyl (C=O) groups excluding carboxylic acids is 3. The van der Waals surface area contributed by atoms with Gasteiger partial charge in [-0.05, 0) is 61.7 Å². The molecular formula is C28H26N2O5. The lowest BCUT2D eigenvalue weighted by Crippen LogP contribution is -2.31. The van der Waals surface area contributed by atoms with Crippen molar-refractivity contribution in [3.8, 4) is 11.5 Å². The third-order valence-corrected chi connectivity index (χ3v) is 6.80. The molecule has 0 bridgehead atoms. The number of methoxy groups -OCH3 is 2. The van der Waals surface area contributed by atoms with Gasteiger partial charge in [0.1, 0.15) is 11.5 Å². The third-order valence-electron chi connectivity index (χ3n) is 6.80. The summed E-state index contributed by atoms with van der Waals surface area (Å²) in [7, 11) is 3.20. The smallest absolute Gasteiger partial charge is 0.266 e. The maximum atomic E-state index is 13.6. The quantitative estimate of drug-likeness (QED) is 0.501. The molecule has 0 spiro atoms. The van der Waals surface area contributed by atoms with Crippen LogP contribution >= 0.6 is 0 Å².